The number of pyridine rings is 2. The van der Waals surface area contributed by atoms with Gasteiger partial charge in [-0.25, -0.2) is 9.97 Å². The van der Waals surface area contributed by atoms with E-state index >= 15 is 0 Å². The Hall–Kier alpha value is -2.76. The highest BCUT2D eigenvalue weighted by atomic mass is 16.5. The zero-order chi connectivity index (χ0) is 18.4. The molecule has 6 heteroatoms. The van der Waals surface area contributed by atoms with E-state index in [9.17, 15) is 4.79 Å². The number of methoxy groups -OCH3 is 1. The Morgan fingerprint density at radius 1 is 1.31 bits per heavy atom. The number of nitrogens with zero attached hydrogens (tertiary/aromatic N) is 4. The molecule has 6 nitrogen and oxygen atoms in total. The molecule has 3 aromatic rings. The summed E-state index contributed by atoms with van der Waals surface area (Å²) in [6.45, 7) is 4.12. The average Bonchev–Trinajstić information content (AvgIpc) is 3.39. The molecule has 2 atom stereocenters. The zero-order valence-corrected chi connectivity index (χ0v) is 15.5. The number of ether oxygens (including phenoxy) is 1. The van der Waals surface area contributed by atoms with Crippen LogP contribution < -0.4 is 0 Å². The van der Waals surface area contributed by atoms with Crippen molar-refractivity contribution in [2.24, 2.45) is 13.0 Å². The molecule has 0 bridgehead atoms. The highest BCUT2D eigenvalue weighted by Gasteiger charge is 2.45. The van der Waals surface area contributed by atoms with Gasteiger partial charge in [0.05, 0.1) is 13.0 Å². The minimum atomic E-state index is -0.131. The fraction of sp³-hybridized carbons (Fsp3) is 0.400. The fourth-order valence-electron chi connectivity index (χ4n) is 3.57. The number of fused-ring (bicyclic) bond motifs is 1. The molecule has 1 fully saturated rings. The minimum absolute atomic E-state index is 0.0275. The summed E-state index contributed by atoms with van der Waals surface area (Å²) in [6, 6.07) is 4.20. The summed E-state index contributed by atoms with van der Waals surface area (Å²) in [5.74, 6) is 0.884. The Kier molecular flexibility index (Phi) is 3.98. The van der Waals surface area contributed by atoms with E-state index in [1.807, 2.05) is 37.0 Å². The maximum atomic E-state index is 11.7. The van der Waals surface area contributed by atoms with Crippen molar-refractivity contribution in [3.63, 3.8) is 0 Å². The molecule has 0 spiro atoms. The van der Waals surface area contributed by atoms with Gasteiger partial charge < -0.3 is 9.30 Å². The smallest absolute Gasteiger partial charge is 0.309 e. The molecule has 26 heavy (non-hydrogen) atoms. The van der Waals surface area contributed by atoms with Crippen LogP contribution in [0.15, 0.2) is 24.5 Å². The van der Waals surface area contributed by atoms with Crippen LogP contribution in [-0.4, -0.2) is 32.6 Å². The topological polar surface area (TPSA) is 69.9 Å². The summed E-state index contributed by atoms with van der Waals surface area (Å²) >= 11 is 0. The summed E-state index contributed by atoms with van der Waals surface area (Å²) < 4.78 is 6.85. The first-order valence-electron chi connectivity index (χ1n) is 8.89. The molecule has 0 N–H and O–H groups in total. The molecular weight excluding hydrogens is 328 g/mol. The third kappa shape index (κ3) is 2.66. The van der Waals surface area contributed by atoms with Gasteiger partial charge in [-0.3, -0.25) is 9.78 Å². The monoisotopic (exact) mass is 350 g/mol. The van der Waals surface area contributed by atoms with Gasteiger partial charge in [0.15, 0.2) is 11.5 Å². The Balaban J connectivity index is 1.74. The summed E-state index contributed by atoms with van der Waals surface area (Å²) in [5.41, 5.74) is 5.94. The molecule has 0 aromatic carbocycles. The Bertz CT molecular complexity index is 1010. The fourth-order valence-corrected chi connectivity index (χ4v) is 3.57. The summed E-state index contributed by atoms with van der Waals surface area (Å²) in [5, 5.41) is 0. The summed E-state index contributed by atoms with van der Waals surface area (Å²) in [4.78, 5) is 25.7. The third-order valence-corrected chi connectivity index (χ3v) is 5.15. The average molecular weight is 350 g/mol. The summed E-state index contributed by atoms with van der Waals surface area (Å²) in [6.07, 6.45) is 5.42. The van der Waals surface area contributed by atoms with E-state index in [-0.39, 0.29) is 17.8 Å². The van der Waals surface area contributed by atoms with Gasteiger partial charge in [-0.1, -0.05) is 13.0 Å². The van der Waals surface area contributed by atoms with Crippen LogP contribution in [0.2, 0.25) is 0 Å². The normalized spacial score (nSPS) is 18.9. The maximum Gasteiger partial charge on any atom is 0.309 e. The first kappa shape index (κ1) is 16.7. The van der Waals surface area contributed by atoms with Crippen molar-refractivity contribution in [2.45, 2.75) is 32.6 Å². The summed E-state index contributed by atoms with van der Waals surface area (Å²) in [7, 11) is 3.41. The molecule has 1 aliphatic rings. The van der Waals surface area contributed by atoms with E-state index in [1.54, 1.807) is 0 Å². The third-order valence-electron chi connectivity index (χ3n) is 5.15. The minimum Gasteiger partial charge on any atom is -0.469 e. The van der Waals surface area contributed by atoms with Crippen LogP contribution in [0.4, 0.5) is 0 Å². The molecule has 3 aromatic heterocycles. The quantitative estimate of drug-likeness (QED) is 0.676. The number of aryl methyl sites for hydroxylation is 3. The van der Waals surface area contributed by atoms with E-state index in [1.165, 1.54) is 7.11 Å². The second-order valence-electron chi connectivity index (χ2n) is 6.95. The zero-order valence-electron chi connectivity index (χ0n) is 15.5. The van der Waals surface area contributed by atoms with Crippen molar-refractivity contribution in [3.8, 4) is 11.5 Å². The second-order valence-corrected chi connectivity index (χ2v) is 6.95. The largest absolute Gasteiger partial charge is 0.469 e. The number of aromatic nitrogens is 4. The van der Waals surface area contributed by atoms with Crippen LogP contribution in [-0.2, 0) is 23.0 Å². The van der Waals surface area contributed by atoms with Crippen LogP contribution in [0, 0.1) is 12.8 Å². The lowest BCUT2D eigenvalue weighted by atomic mass is 10.0. The number of rotatable bonds is 4. The predicted octanol–water partition coefficient (Wildman–Crippen LogP) is 3.18. The number of carbonyl (C=O) groups is 1. The van der Waals surface area contributed by atoms with Crippen molar-refractivity contribution < 1.29 is 9.53 Å². The van der Waals surface area contributed by atoms with Crippen LogP contribution >= 0.6 is 0 Å². The molecular formula is C20H22N4O2. The molecule has 0 aliphatic heterocycles. The van der Waals surface area contributed by atoms with E-state index in [2.05, 4.69) is 18.0 Å². The van der Waals surface area contributed by atoms with E-state index in [4.69, 9.17) is 14.7 Å². The van der Waals surface area contributed by atoms with Gasteiger partial charge in [0.2, 0.25) is 0 Å². The molecule has 134 valence electrons. The molecule has 1 saturated carbocycles. The number of imidazole rings is 1. The lowest BCUT2D eigenvalue weighted by molar-refractivity contribution is -0.142. The van der Waals surface area contributed by atoms with E-state index in [0.29, 0.717) is 0 Å². The highest BCUT2D eigenvalue weighted by molar-refractivity contribution is 5.78. The van der Waals surface area contributed by atoms with E-state index < -0.39 is 0 Å². The molecule has 0 saturated heterocycles. The van der Waals surface area contributed by atoms with Crippen molar-refractivity contribution in [1.29, 1.82) is 0 Å². The Morgan fingerprint density at radius 2 is 2.12 bits per heavy atom. The van der Waals surface area contributed by atoms with Crippen molar-refractivity contribution in [2.75, 3.05) is 7.11 Å². The number of hydrogen-bond donors (Lipinski definition) is 0. The van der Waals surface area contributed by atoms with Gasteiger partial charge in [0, 0.05) is 19.4 Å². The van der Waals surface area contributed by atoms with Crippen LogP contribution in [0.3, 0.4) is 0 Å². The van der Waals surface area contributed by atoms with Crippen LogP contribution in [0.1, 0.15) is 36.0 Å². The van der Waals surface area contributed by atoms with Gasteiger partial charge in [0.25, 0.3) is 0 Å². The molecule has 4 rings (SSSR count). The molecule has 0 radical (unpaired) electrons. The molecule has 0 amide bonds. The predicted molar refractivity (Wildman–Crippen MR) is 98.7 cm³/mol. The maximum absolute atomic E-state index is 11.7. The molecule has 2 unspecified atom stereocenters. The standard InChI is InChI=1S/C20H22N4O2/c1-5-12-7-13(14-8-15(14)20(25)26-4)10-21-17(12)19-23-16-6-11(2)9-22-18(16)24(19)3/h6-7,9-10,14-15H,5,8H2,1-4H3. The Labute approximate surface area is 152 Å². The van der Waals surface area contributed by atoms with Gasteiger partial charge in [-0.05, 0) is 48.4 Å². The number of esters is 1. The highest BCUT2D eigenvalue weighted by Crippen LogP contribution is 2.48. The van der Waals surface area contributed by atoms with Crippen molar-refractivity contribution in [1.82, 2.24) is 19.5 Å². The van der Waals surface area contributed by atoms with Gasteiger partial charge in [-0.2, -0.15) is 0 Å². The second kappa shape index (κ2) is 6.20. The number of hydrogen-bond acceptors (Lipinski definition) is 5. The van der Waals surface area contributed by atoms with Gasteiger partial charge in [0.1, 0.15) is 11.2 Å². The van der Waals surface area contributed by atoms with E-state index in [0.717, 1.165) is 52.2 Å². The van der Waals surface area contributed by atoms with Gasteiger partial charge in [-0.15, -0.1) is 0 Å². The number of carbonyl (C=O) groups excluding carboxylic acids is 1. The Morgan fingerprint density at radius 3 is 2.85 bits per heavy atom. The van der Waals surface area contributed by atoms with Gasteiger partial charge >= 0.3 is 5.97 Å². The first-order chi connectivity index (χ1) is 12.5. The van der Waals surface area contributed by atoms with Crippen molar-refractivity contribution >= 4 is 17.1 Å². The lowest BCUT2D eigenvalue weighted by Crippen LogP contribution is -2.05. The first-order valence-corrected chi connectivity index (χ1v) is 8.89. The SMILES string of the molecule is CCc1cc(C2CC2C(=O)OC)cnc1-c1nc2cc(C)cnc2n1C. The van der Waals surface area contributed by atoms with Crippen molar-refractivity contribution in [3.05, 3.63) is 41.2 Å². The molecule has 3 heterocycles. The van der Waals surface area contributed by atoms with Crippen LogP contribution in [0.25, 0.3) is 22.7 Å². The lowest BCUT2D eigenvalue weighted by Gasteiger charge is -2.09. The molecule has 1 aliphatic carbocycles. The van der Waals surface area contributed by atoms with Crippen LogP contribution in [0.5, 0.6) is 0 Å².